The van der Waals surface area contributed by atoms with E-state index in [-0.39, 0.29) is 12.1 Å². The van der Waals surface area contributed by atoms with Crippen LogP contribution >= 0.6 is 11.6 Å². The number of carbonyl (C=O) groups excluding carboxylic acids is 1. The molecule has 0 heterocycles. The van der Waals surface area contributed by atoms with E-state index in [0.29, 0.717) is 17.3 Å². The fourth-order valence-corrected chi connectivity index (χ4v) is 2.00. The molecule has 2 N–H and O–H groups in total. The molecule has 3 nitrogen and oxygen atoms in total. The zero-order valence-corrected chi connectivity index (χ0v) is 11.5. The molecule has 0 unspecified atom stereocenters. The molecule has 0 aromatic heterocycles. The van der Waals surface area contributed by atoms with Crippen LogP contribution < -0.4 is 10.6 Å². The molecule has 0 saturated carbocycles. The van der Waals surface area contributed by atoms with E-state index in [1.165, 1.54) is 17.0 Å². The van der Waals surface area contributed by atoms with Crippen LogP contribution in [0.4, 0.5) is 10.1 Å². The van der Waals surface area contributed by atoms with E-state index in [1.807, 2.05) is 0 Å². The Bertz CT molecular complexity index is 601. The zero-order chi connectivity index (χ0) is 14.5. The fraction of sp³-hybridized carbons (Fsp3) is 0.133. The highest BCUT2D eigenvalue weighted by Gasteiger charge is 2.19. The van der Waals surface area contributed by atoms with E-state index < -0.39 is 11.7 Å². The molecule has 0 fully saturated rings. The van der Waals surface area contributed by atoms with Gasteiger partial charge in [0.15, 0.2) is 0 Å². The predicted octanol–water partition coefficient (Wildman–Crippen LogP) is 3.08. The van der Waals surface area contributed by atoms with E-state index >= 15 is 0 Å². The number of anilines is 1. The molecule has 5 heteroatoms. The van der Waals surface area contributed by atoms with Gasteiger partial charge in [-0.15, -0.1) is 0 Å². The normalized spacial score (nSPS) is 10.3. The minimum atomic E-state index is -0.548. The molecule has 20 heavy (non-hydrogen) atoms. The van der Waals surface area contributed by atoms with Crippen molar-refractivity contribution in [3.8, 4) is 0 Å². The van der Waals surface area contributed by atoms with E-state index in [4.69, 9.17) is 17.3 Å². The van der Waals surface area contributed by atoms with Crippen LogP contribution in [0.25, 0.3) is 0 Å². The lowest BCUT2D eigenvalue weighted by Crippen LogP contribution is -2.35. The molecule has 2 rings (SSSR count). The Balaban J connectivity index is 2.36. The van der Waals surface area contributed by atoms with Crippen LogP contribution in [-0.2, 0) is 0 Å². The first-order valence-electron chi connectivity index (χ1n) is 6.15. The van der Waals surface area contributed by atoms with Crippen molar-refractivity contribution < 1.29 is 9.18 Å². The van der Waals surface area contributed by atoms with Crippen molar-refractivity contribution in [3.05, 3.63) is 64.9 Å². The highest BCUT2D eigenvalue weighted by Crippen LogP contribution is 2.20. The smallest absolute Gasteiger partial charge is 0.261 e. The monoisotopic (exact) mass is 292 g/mol. The Morgan fingerprint density at radius 2 is 1.80 bits per heavy atom. The van der Waals surface area contributed by atoms with Crippen LogP contribution in [0.5, 0.6) is 0 Å². The number of carbonyl (C=O) groups is 1. The third-order valence-electron chi connectivity index (χ3n) is 2.84. The summed E-state index contributed by atoms with van der Waals surface area (Å²) in [5.41, 5.74) is 6.19. The molecular formula is C15H14ClFN2O. The third kappa shape index (κ3) is 3.15. The van der Waals surface area contributed by atoms with Gasteiger partial charge in [-0.3, -0.25) is 4.79 Å². The van der Waals surface area contributed by atoms with Gasteiger partial charge >= 0.3 is 0 Å². The minimum Gasteiger partial charge on any atom is -0.329 e. The van der Waals surface area contributed by atoms with Crippen LogP contribution in [-0.4, -0.2) is 19.0 Å². The highest BCUT2D eigenvalue weighted by atomic mass is 35.5. The Morgan fingerprint density at radius 1 is 1.15 bits per heavy atom. The van der Waals surface area contributed by atoms with Crippen LogP contribution in [0, 0.1) is 5.82 Å². The molecule has 2 aromatic carbocycles. The average molecular weight is 293 g/mol. The summed E-state index contributed by atoms with van der Waals surface area (Å²) in [6.07, 6.45) is 0. The summed E-state index contributed by atoms with van der Waals surface area (Å²) in [6.45, 7) is 0.581. The maximum absolute atomic E-state index is 13.7. The van der Waals surface area contributed by atoms with Crippen molar-refractivity contribution in [2.24, 2.45) is 5.73 Å². The van der Waals surface area contributed by atoms with Crippen LogP contribution in [0.15, 0.2) is 48.5 Å². The lowest BCUT2D eigenvalue weighted by molar-refractivity contribution is 0.0983. The van der Waals surface area contributed by atoms with Crippen LogP contribution in [0.3, 0.4) is 0 Å². The number of nitrogens with two attached hydrogens (primary N) is 1. The van der Waals surface area contributed by atoms with Gasteiger partial charge in [-0.2, -0.15) is 0 Å². The molecule has 0 bridgehead atoms. The molecule has 0 saturated heterocycles. The SMILES string of the molecule is NCCN(C(=O)c1ccccc1F)c1ccc(Cl)cc1. The number of rotatable bonds is 4. The molecule has 0 atom stereocenters. The second-order valence-corrected chi connectivity index (χ2v) is 4.64. The van der Waals surface area contributed by atoms with Gasteiger partial charge < -0.3 is 10.6 Å². The summed E-state index contributed by atoms with van der Waals surface area (Å²) in [5.74, 6) is -0.968. The lowest BCUT2D eigenvalue weighted by Gasteiger charge is -2.22. The number of halogens is 2. The van der Waals surface area contributed by atoms with E-state index in [1.54, 1.807) is 36.4 Å². The van der Waals surface area contributed by atoms with Crippen molar-refractivity contribution in [1.29, 1.82) is 0 Å². The molecule has 0 aliphatic carbocycles. The fourth-order valence-electron chi connectivity index (χ4n) is 1.88. The Hall–Kier alpha value is -1.91. The molecule has 0 radical (unpaired) electrons. The second-order valence-electron chi connectivity index (χ2n) is 4.20. The number of nitrogens with zero attached hydrogens (tertiary/aromatic N) is 1. The van der Waals surface area contributed by atoms with Crippen LogP contribution in [0.2, 0.25) is 5.02 Å². The summed E-state index contributed by atoms with van der Waals surface area (Å²) in [7, 11) is 0. The van der Waals surface area contributed by atoms with Gasteiger partial charge in [0.1, 0.15) is 5.82 Å². The van der Waals surface area contributed by atoms with E-state index in [9.17, 15) is 9.18 Å². The maximum atomic E-state index is 13.7. The summed E-state index contributed by atoms with van der Waals surface area (Å²) >= 11 is 5.83. The molecule has 1 amide bonds. The van der Waals surface area contributed by atoms with Gasteiger partial charge in [0.25, 0.3) is 5.91 Å². The lowest BCUT2D eigenvalue weighted by atomic mass is 10.1. The number of amides is 1. The Morgan fingerprint density at radius 3 is 2.40 bits per heavy atom. The van der Waals surface area contributed by atoms with Gasteiger partial charge in [0, 0.05) is 23.8 Å². The van der Waals surface area contributed by atoms with Crippen molar-refractivity contribution in [3.63, 3.8) is 0 Å². The van der Waals surface area contributed by atoms with Gasteiger partial charge in [-0.05, 0) is 36.4 Å². The van der Waals surface area contributed by atoms with E-state index in [2.05, 4.69) is 0 Å². The second kappa shape index (κ2) is 6.50. The van der Waals surface area contributed by atoms with Gasteiger partial charge in [0.2, 0.25) is 0 Å². The summed E-state index contributed by atoms with van der Waals surface area (Å²) in [4.78, 5) is 13.9. The summed E-state index contributed by atoms with van der Waals surface area (Å²) in [6, 6.07) is 12.6. The molecular weight excluding hydrogens is 279 g/mol. The number of benzene rings is 2. The first kappa shape index (κ1) is 14.5. The number of hydrogen-bond donors (Lipinski definition) is 1. The topological polar surface area (TPSA) is 46.3 Å². The van der Waals surface area contributed by atoms with Crippen molar-refractivity contribution in [1.82, 2.24) is 0 Å². The Kier molecular flexibility index (Phi) is 4.71. The average Bonchev–Trinajstić information content (AvgIpc) is 2.46. The highest BCUT2D eigenvalue weighted by molar-refractivity contribution is 6.30. The molecule has 0 aliphatic rings. The van der Waals surface area contributed by atoms with Gasteiger partial charge in [-0.25, -0.2) is 4.39 Å². The first-order valence-corrected chi connectivity index (χ1v) is 6.53. The standard InChI is InChI=1S/C15H14ClFN2O/c16-11-5-7-12(8-6-11)19(10-9-18)15(20)13-3-1-2-4-14(13)17/h1-8H,9-10,18H2. The maximum Gasteiger partial charge on any atom is 0.261 e. The van der Waals surface area contributed by atoms with E-state index in [0.717, 1.165) is 0 Å². The molecule has 0 aliphatic heterocycles. The van der Waals surface area contributed by atoms with Gasteiger partial charge in [-0.1, -0.05) is 23.7 Å². The molecule has 104 valence electrons. The number of hydrogen-bond acceptors (Lipinski definition) is 2. The molecule has 2 aromatic rings. The third-order valence-corrected chi connectivity index (χ3v) is 3.09. The summed E-state index contributed by atoms with van der Waals surface area (Å²) in [5, 5.41) is 0.569. The van der Waals surface area contributed by atoms with Crippen LogP contribution in [0.1, 0.15) is 10.4 Å². The van der Waals surface area contributed by atoms with Crippen molar-refractivity contribution >= 4 is 23.2 Å². The van der Waals surface area contributed by atoms with Crippen molar-refractivity contribution in [2.75, 3.05) is 18.0 Å². The predicted molar refractivity (Wildman–Crippen MR) is 78.6 cm³/mol. The van der Waals surface area contributed by atoms with Gasteiger partial charge in [0.05, 0.1) is 5.56 Å². The zero-order valence-electron chi connectivity index (χ0n) is 10.7. The first-order chi connectivity index (χ1) is 9.63. The summed E-state index contributed by atoms with van der Waals surface area (Å²) < 4.78 is 13.7. The Labute approximate surface area is 121 Å². The van der Waals surface area contributed by atoms with Crippen molar-refractivity contribution in [2.45, 2.75) is 0 Å². The minimum absolute atomic E-state index is 0.0240. The quantitative estimate of drug-likeness (QED) is 0.941. The molecule has 0 spiro atoms. The largest absolute Gasteiger partial charge is 0.329 e.